The predicted molar refractivity (Wildman–Crippen MR) is 107 cm³/mol. The third-order valence-corrected chi connectivity index (χ3v) is 5.47. The highest BCUT2D eigenvalue weighted by molar-refractivity contribution is 7.99. The van der Waals surface area contributed by atoms with Gasteiger partial charge < -0.3 is 10.2 Å². The molecular weight excluding hydrogens is 358 g/mol. The second-order valence-electron chi connectivity index (χ2n) is 6.33. The van der Waals surface area contributed by atoms with Crippen molar-refractivity contribution in [2.45, 2.75) is 16.8 Å². The fourth-order valence-electron chi connectivity index (χ4n) is 2.88. The summed E-state index contributed by atoms with van der Waals surface area (Å²) in [5, 5.41) is 3.55. The SMILES string of the molecule is Cc1ccc(NC(=O)c2ccc3c(c2)Sc2ncccc2C(=O)N3C)cc1. The fourth-order valence-corrected chi connectivity index (χ4v) is 3.97. The molecule has 0 aliphatic carbocycles. The Kier molecular flexibility index (Phi) is 4.41. The highest BCUT2D eigenvalue weighted by Crippen LogP contribution is 2.40. The Hall–Kier alpha value is -3.12. The van der Waals surface area contributed by atoms with Crippen molar-refractivity contribution in [3.63, 3.8) is 0 Å². The van der Waals surface area contributed by atoms with E-state index >= 15 is 0 Å². The van der Waals surface area contributed by atoms with Gasteiger partial charge in [-0.25, -0.2) is 4.98 Å². The van der Waals surface area contributed by atoms with Gasteiger partial charge in [0.15, 0.2) is 0 Å². The van der Waals surface area contributed by atoms with Crippen molar-refractivity contribution in [3.05, 3.63) is 77.5 Å². The van der Waals surface area contributed by atoms with E-state index in [1.165, 1.54) is 11.8 Å². The Morgan fingerprint density at radius 3 is 2.67 bits per heavy atom. The zero-order valence-electron chi connectivity index (χ0n) is 14.9. The average molecular weight is 375 g/mol. The lowest BCUT2D eigenvalue weighted by Crippen LogP contribution is -2.26. The first-order valence-corrected chi connectivity index (χ1v) is 9.27. The summed E-state index contributed by atoms with van der Waals surface area (Å²) in [4.78, 5) is 32.1. The van der Waals surface area contributed by atoms with Gasteiger partial charge in [-0.3, -0.25) is 9.59 Å². The highest BCUT2D eigenvalue weighted by Gasteiger charge is 2.26. The van der Waals surface area contributed by atoms with Crippen molar-refractivity contribution in [1.29, 1.82) is 0 Å². The normalized spacial score (nSPS) is 12.8. The molecule has 0 saturated heterocycles. The predicted octanol–water partition coefficient (Wildman–Crippen LogP) is 4.38. The third kappa shape index (κ3) is 3.31. The molecule has 0 saturated carbocycles. The van der Waals surface area contributed by atoms with E-state index in [4.69, 9.17) is 0 Å². The van der Waals surface area contributed by atoms with E-state index in [2.05, 4.69) is 10.3 Å². The molecule has 0 unspecified atom stereocenters. The molecule has 5 nitrogen and oxygen atoms in total. The summed E-state index contributed by atoms with van der Waals surface area (Å²) < 4.78 is 0. The van der Waals surface area contributed by atoms with Crippen LogP contribution in [0.2, 0.25) is 0 Å². The van der Waals surface area contributed by atoms with Crippen molar-refractivity contribution in [2.24, 2.45) is 0 Å². The number of hydrogen-bond donors (Lipinski definition) is 1. The summed E-state index contributed by atoms with van der Waals surface area (Å²) in [7, 11) is 1.73. The number of anilines is 2. The lowest BCUT2D eigenvalue weighted by atomic mass is 10.1. The molecule has 2 heterocycles. The van der Waals surface area contributed by atoms with Crippen LogP contribution in [0.15, 0.2) is 70.7 Å². The number of fused-ring (bicyclic) bond motifs is 2. The summed E-state index contributed by atoms with van der Waals surface area (Å²) >= 11 is 1.40. The first-order chi connectivity index (χ1) is 13.0. The van der Waals surface area contributed by atoms with E-state index in [1.54, 1.807) is 48.5 Å². The third-order valence-electron chi connectivity index (χ3n) is 4.41. The minimum Gasteiger partial charge on any atom is -0.322 e. The molecule has 0 atom stereocenters. The van der Waals surface area contributed by atoms with E-state index in [1.807, 2.05) is 31.2 Å². The Labute approximate surface area is 161 Å². The van der Waals surface area contributed by atoms with Gasteiger partial charge in [-0.1, -0.05) is 29.5 Å². The average Bonchev–Trinajstić information content (AvgIpc) is 2.78. The van der Waals surface area contributed by atoms with Gasteiger partial charge in [0.1, 0.15) is 5.03 Å². The first-order valence-electron chi connectivity index (χ1n) is 8.46. The summed E-state index contributed by atoms with van der Waals surface area (Å²) in [5.41, 5.74) is 3.73. The van der Waals surface area contributed by atoms with Crippen molar-refractivity contribution < 1.29 is 9.59 Å². The van der Waals surface area contributed by atoms with E-state index in [-0.39, 0.29) is 11.8 Å². The first kappa shape index (κ1) is 17.3. The van der Waals surface area contributed by atoms with Gasteiger partial charge in [0.05, 0.1) is 11.3 Å². The number of hydrogen-bond acceptors (Lipinski definition) is 4. The Morgan fingerprint density at radius 2 is 1.89 bits per heavy atom. The van der Waals surface area contributed by atoms with E-state index in [9.17, 15) is 9.59 Å². The minimum atomic E-state index is -0.193. The molecule has 134 valence electrons. The van der Waals surface area contributed by atoms with E-state index < -0.39 is 0 Å². The van der Waals surface area contributed by atoms with Crippen LogP contribution in [0.1, 0.15) is 26.3 Å². The van der Waals surface area contributed by atoms with Crippen LogP contribution in [0.5, 0.6) is 0 Å². The van der Waals surface area contributed by atoms with Gasteiger partial charge in [-0.05, 0) is 49.4 Å². The number of aryl methyl sites for hydroxylation is 1. The number of aromatic nitrogens is 1. The van der Waals surface area contributed by atoms with Crippen LogP contribution >= 0.6 is 11.8 Å². The number of nitrogens with zero attached hydrogens (tertiary/aromatic N) is 2. The van der Waals surface area contributed by atoms with Crippen molar-refractivity contribution in [3.8, 4) is 0 Å². The molecule has 0 fully saturated rings. The maximum atomic E-state index is 12.7. The maximum Gasteiger partial charge on any atom is 0.260 e. The molecular formula is C21H17N3O2S. The number of benzene rings is 2. The van der Waals surface area contributed by atoms with Crippen molar-refractivity contribution in [1.82, 2.24) is 4.98 Å². The minimum absolute atomic E-state index is 0.110. The lowest BCUT2D eigenvalue weighted by molar-refractivity contribution is 0.0988. The van der Waals surface area contributed by atoms with Crippen LogP contribution in [0, 0.1) is 6.92 Å². The molecule has 0 spiro atoms. The zero-order chi connectivity index (χ0) is 19.0. The monoisotopic (exact) mass is 375 g/mol. The molecule has 2 amide bonds. The smallest absolute Gasteiger partial charge is 0.260 e. The Balaban J connectivity index is 1.67. The second kappa shape index (κ2) is 6.89. The van der Waals surface area contributed by atoms with Gasteiger partial charge >= 0.3 is 0 Å². The number of nitrogens with one attached hydrogen (secondary N) is 1. The fraction of sp³-hybridized carbons (Fsp3) is 0.0952. The van der Waals surface area contributed by atoms with Gasteiger partial charge in [0, 0.05) is 29.4 Å². The standard InChI is InChI=1S/C21H17N3O2S/c1-13-5-8-15(9-6-13)23-19(25)14-7-10-17-18(12-14)27-20-16(4-3-11-22-20)21(26)24(17)2/h3-12H,1-2H3,(H,23,25). The topological polar surface area (TPSA) is 62.3 Å². The summed E-state index contributed by atoms with van der Waals surface area (Å²) in [5.74, 6) is -0.303. The second-order valence-corrected chi connectivity index (χ2v) is 7.36. The molecule has 1 aliphatic heterocycles. The van der Waals surface area contributed by atoms with E-state index in [0.717, 1.165) is 21.8 Å². The maximum absolute atomic E-state index is 12.7. The summed E-state index contributed by atoms with van der Waals surface area (Å²) in [6, 6.07) is 16.5. The number of carbonyl (C=O) groups excluding carboxylic acids is 2. The van der Waals surface area contributed by atoms with Crippen LogP contribution in [-0.4, -0.2) is 23.8 Å². The number of carbonyl (C=O) groups is 2. The molecule has 6 heteroatoms. The number of amides is 2. The van der Waals surface area contributed by atoms with Crippen LogP contribution in [0.25, 0.3) is 0 Å². The Morgan fingerprint density at radius 1 is 1.11 bits per heavy atom. The zero-order valence-corrected chi connectivity index (χ0v) is 15.7. The molecule has 1 N–H and O–H groups in total. The number of rotatable bonds is 2. The molecule has 4 rings (SSSR count). The molecule has 3 aromatic rings. The summed E-state index contributed by atoms with van der Waals surface area (Å²) in [6.07, 6.45) is 1.66. The highest BCUT2D eigenvalue weighted by atomic mass is 32.2. The number of pyridine rings is 1. The van der Waals surface area contributed by atoms with Crippen LogP contribution in [0.3, 0.4) is 0 Å². The van der Waals surface area contributed by atoms with Gasteiger partial charge in [-0.2, -0.15) is 0 Å². The van der Waals surface area contributed by atoms with Gasteiger partial charge in [0.25, 0.3) is 11.8 Å². The molecule has 1 aliphatic rings. The lowest BCUT2D eigenvalue weighted by Gasteiger charge is -2.17. The molecule has 2 aromatic carbocycles. The quantitative estimate of drug-likeness (QED) is 0.722. The largest absolute Gasteiger partial charge is 0.322 e. The van der Waals surface area contributed by atoms with Crippen LogP contribution < -0.4 is 10.2 Å². The summed E-state index contributed by atoms with van der Waals surface area (Å²) in [6.45, 7) is 2.00. The van der Waals surface area contributed by atoms with Crippen LogP contribution in [0.4, 0.5) is 11.4 Å². The van der Waals surface area contributed by atoms with E-state index in [0.29, 0.717) is 16.2 Å². The van der Waals surface area contributed by atoms with Crippen molar-refractivity contribution in [2.75, 3.05) is 17.3 Å². The van der Waals surface area contributed by atoms with Crippen molar-refractivity contribution >= 4 is 35.0 Å². The van der Waals surface area contributed by atoms with Gasteiger partial charge in [0.2, 0.25) is 0 Å². The van der Waals surface area contributed by atoms with Gasteiger partial charge in [-0.15, -0.1) is 0 Å². The van der Waals surface area contributed by atoms with Crippen LogP contribution in [-0.2, 0) is 0 Å². The Bertz CT molecular complexity index is 1050. The molecule has 0 bridgehead atoms. The molecule has 27 heavy (non-hydrogen) atoms. The molecule has 0 radical (unpaired) electrons. The molecule has 1 aromatic heterocycles.